The molecule has 1 aliphatic heterocycles. The highest BCUT2D eigenvalue weighted by Gasteiger charge is 2.31. The van der Waals surface area contributed by atoms with Crippen LogP contribution in [0.4, 0.5) is 0 Å². The molecule has 1 amide bonds. The second kappa shape index (κ2) is 7.37. The molecule has 1 fully saturated rings. The maximum Gasteiger partial charge on any atom is 0.237 e. The van der Waals surface area contributed by atoms with Crippen molar-refractivity contribution in [2.75, 3.05) is 26.2 Å². The van der Waals surface area contributed by atoms with Crippen LogP contribution in [0.25, 0.3) is 0 Å². The van der Waals surface area contributed by atoms with Gasteiger partial charge in [0.15, 0.2) is 0 Å². The normalized spacial score (nSPS) is 23.9. The van der Waals surface area contributed by atoms with Crippen LogP contribution >= 0.6 is 0 Å². The minimum absolute atomic E-state index is 0.183. The molecule has 0 unspecified atom stereocenters. The van der Waals surface area contributed by atoms with Crippen molar-refractivity contribution in [2.45, 2.75) is 32.7 Å². The van der Waals surface area contributed by atoms with Crippen LogP contribution in [0.15, 0.2) is 25.3 Å². The number of rotatable bonds is 7. The average molecular weight is 250 g/mol. The highest BCUT2D eigenvalue weighted by atomic mass is 16.2. The summed E-state index contributed by atoms with van der Waals surface area (Å²) in [5.74, 6) is 0.886. The monoisotopic (exact) mass is 250 g/mol. The van der Waals surface area contributed by atoms with Gasteiger partial charge in [0.2, 0.25) is 5.91 Å². The van der Waals surface area contributed by atoms with E-state index in [9.17, 15) is 4.79 Å². The first kappa shape index (κ1) is 15.0. The number of carbonyl (C=O) groups is 1. The SMILES string of the molecule is C=CCN(CC=C)C(=O)CN1CC[C@H](C)[C@H]1CC. The molecule has 1 aliphatic rings. The molecule has 102 valence electrons. The van der Waals surface area contributed by atoms with Gasteiger partial charge in [-0.15, -0.1) is 13.2 Å². The molecule has 18 heavy (non-hydrogen) atoms. The summed E-state index contributed by atoms with van der Waals surface area (Å²) in [6.07, 6.45) is 5.86. The summed E-state index contributed by atoms with van der Waals surface area (Å²) >= 11 is 0. The van der Waals surface area contributed by atoms with E-state index >= 15 is 0 Å². The van der Waals surface area contributed by atoms with E-state index < -0.39 is 0 Å². The maximum absolute atomic E-state index is 12.2. The van der Waals surface area contributed by atoms with Gasteiger partial charge in [-0.05, 0) is 25.3 Å². The fourth-order valence-corrected chi connectivity index (χ4v) is 2.81. The van der Waals surface area contributed by atoms with Gasteiger partial charge in [-0.25, -0.2) is 0 Å². The van der Waals surface area contributed by atoms with Crippen LogP contribution in [0.1, 0.15) is 26.7 Å². The van der Waals surface area contributed by atoms with Gasteiger partial charge in [0.05, 0.1) is 6.54 Å². The van der Waals surface area contributed by atoms with Crippen molar-refractivity contribution in [1.82, 2.24) is 9.80 Å². The molecule has 1 heterocycles. The molecule has 1 saturated heterocycles. The highest BCUT2D eigenvalue weighted by molar-refractivity contribution is 5.78. The Balaban J connectivity index is 2.56. The predicted octanol–water partition coefficient (Wildman–Crippen LogP) is 2.31. The molecule has 0 bridgehead atoms. The van der Waals surface area contributed by atoms with Gasteiger partial charge >= 0.3 is 0 Å². The number of likely N-dealkylation sites (tertiary alicyclic amines) is 1. The summed E-state index contributed by atoms with van der Waals surface area (Å²) in [7, 11) is 0. The van der Waals surface area contributed by atoms with Crippen molar-refractivity contribution >= 4 is 5.91 Å². The van der Waals surface area contributed by atoms with Crippen LogP contribution in [0.5, 0.6) is 0 Å². The lowest BCUT2D eigenvalue weighted by molar-refractivity contribution is -0.131. The van der Waals surface area contributed by atoms with Crippen LogP contribution in [0, 0.1) is 5.92 Å². The third-order valence-corrected chi connectivity index (χ3v) is 3.81. The van der Waals surface area contributed by atoms with Crippen molar-refractivity contribution in [3.8, 4) is 0 Å². The number of amides is 1. The summed E-state index contributed by atoms with van der Waals surface area (Å²) in [6, 6.07) is 0.559. The molecular weight excluding hydrogens is 224 g/mol. The van der Waals surface area contributed by atoms with E-state index in [1.54, 1.807) is 17.1 Å². The minimum Gasteiger partial charge on any atom is -0.334 e. The minimum atomic E-state index is 0.183. The van der Waals surface area contributed by atoms with Gasteiger partial charge < -0.3 is 4.90 Å². The molecule has 3 nitrogen and oxygen atoms in total. The third kappa shape index (κ3) is 3.70. The van der Waals surface area contributed by atoms with Crippen LogP contribution in [0.2, 0.25) is 0 Å². The molecule has 0 aromatic rings. The number of hydrogen-bond acceptors (Lipinski definition) is 2. The molecule has 3 heteroatoms. The second-order valence-corrected chi connectivity index (χ2v) is 5.09. The summed E-state index contributed by atoms with van der Waals surface area (Å²) in [6.45, 7) is 14.7. The standard InChI is InChI=1S/C15H26N2O/c1-5-9-16(10-6-2)15(18)12-17-11-8-13(4)14(17)7-3/h5-6,13-14H,1-2,7-12H2,3-4H3/t13-,14+/m0/s1. The van der Waals surface area contributed by atoms with E-state index in [4.69, 9.17) is 0 Å². The fourth-order valence-electron chi connectivity index (χ4n) is 2.81. The number of hydrogen-bond donors (Lipinski definition) is 0. The smallest absolute Gasteiger partial charge is 0.237 e. The molecule has 0 N–H and O–H groups in total. The Labute approximate surface area is 111 Å². The molecule has 0 aromatic carbocycles. The number of nitrogens with zero attached hydrogens (tertiary/aromatic N) is 2. The van der Waals surface area contributed by atoms with Gasteiger partial charge in [0.25, 0.3) is 0 Å². The fraction of sp³-hybridized carbons (Fsp3) is 0.667. The van der Waals surface area contributed by atoms with E-state index in [1.807, 2.05) is 0 Å². The van der Waals surface area contributed by atoms with E-state index in [-0.39, 0.29) is 5.91 Å². The lowest BCUT2D eigenvalue weighted by Crippen LogP contribution is -2.43. The summed E-state index contributed by atoms with van der Waals surface area (Å²) in [5, 5.41) is 0. The molecule has 0 aromatic heterocycles. The van der Waals surface area contributed by atoms with E-state index in [1.165, 1.54) is 6.42 Å². The molecule has 0 saturated carbocycles. The van der Waals surface area contributed by atoms with Gasteiger partial charge in [-0.2, -0.15) is 0 Å². The number of carbonyl (C=O) groups excluding carboxylic acids is 1. The summed E-state index contributed by atoms with van der Waals surface area (Å²) < 4.78 is 0. The molecule has 0 spiro atoms. The summed E-state index contributed by atoms with van der Waals surface area (Å²) in [4.78, 5) is 16.4. The first-order chi connectivity index (χ1) is 8.63. The Kier molecular flexibility index (Phi) is 6.13. The Bertz CT molecular complexity index is 291. The topological polar surface area (TPSA) is 23.6 Å². The second-order valence-electron chi connectivity index (χ2n) is 5.09. The van der Waals surface area contributed by atoms with E-state index in [0.717, 1.165) is 13.0 Å². The Morgan fingerprint density at radius 2 is 2.00 bits per heavy atom. The highest BCUT2D eigenvalue weighted by Crippen LogP contribution is 2.25. The predicted molar refractivity (Wildman–Crippen MR) is 76.4 cm³/mol. The van der Waals surface area contributed by atoms with Crippen LogP contribution in [0.3, 0.4) is 0 Å². The third-order valence-electron chi connectivity index (χ3n) is 3.81. The zero-order chi connectivity index (χ0) is 13.5. The molecular formula is C15H26N2O. The van der Waals surface area contributed by atoms with Gasteiger partial charge in [0.1, 0.15) is 0 Å². The van der Waals surface area contributed by atoms with Crippen LogP contribution in [-0.2, 0) is 4.79 Å². The van der Waals surface area contributed by atoms with Crippen molar-refractivity contribution in [2.24, 2.45) is 5.92 Å². The zero-order valence-corrected chi connectivity index (χ0v) is 11.8. The van der Waals surface area contributed by atoms with Crippen molar-refractivity contribution in [3.63, 3.8) is 0 Å². The van der Waals surface area contributed by atoms with Crippen molar-refractivity contribution in [1.29, 1.82) is 0 Å². The van der Waals surface area contributed by atoms with Gasteiger partial charge in [0, 0.05) is 19.1 Å². The van der Waals surface area contributed by atoms with Gasteiger partial charge in [-0.3, -0.25) is 9.69 Å². The quantitative estimate of drug-likeness (QED) is 0.647. The van der Waals surface area contributed by atoms with Crippen LogP contribution < -0.4 is 0 Å². The van der Waals surface area contributed by atoms with Crippen molar-refractivity contribution in [3.05, 3.63) is 25.3 Å². The molecule has 1 rings (SSSR count). The Morgan fingerprint density at radius 1 is 1.39 bits per heavy atom. The Hall–Kier alpha value is -1.09. The lowest BCUT2D eigenvalue weighted by atomic mass is 10.0. The summed E-state index contributed by atoms with van der Waals surface area (Å²) in [5.41, 5.74) is 0. The zero-order valence-electron chi connectivity index (χ0n) is 11.8. The van der Waals surface area contributed by atoms with Gasteiger partial charge in [-0.1, -0.05) is 26.0 Å². The van der Waals surface area contributed by atoms with Crippen LogP contribution in [-0.4, -0.2) is 47.9 Å². The lowest BCUT2D eigenvalue weighted by Gasteiger charge is -2.28. The largest absolute Gasteiger partial charge is 0.334 e. The molecule has 0 aliphatic carbocycles. The maximum atomic E-state index is 12.2. The van der Waals surface area contributed by atoms with E-state index in [2.05, 4.69) is 31.9 Å². The van der Waals surface area contributed by atoms with E-state index in [0.29, 0.717) is 31.6 Å². The van der Waals surface area contributed by atoms with Crippen molar-refractivity contribution < 1.29 is 4.79 Å². The first-order valence-corrected chi connectivity index (χ1v) is 6.87. The first-order valence-electron chi connectivity index (χ1n) is 6.87. The Morgan fingerprint density at radius 3 is 2.50 bits per heavy atom. The average Bonchev–Trinajstić information content (AvgIpc) is 2.69. The molecule has 0 radical (unpaired) electrons. The molecule has 2 atom stereocenters.